The zero-order chi connectivity index (χ0) is 14.0. The Morgan fingerprint density at radius 3 is 2.37 bits per heavy atom. The van der Waals surface area contributed by atoms with E-state index in [1.54, 1.807) is 0 Å². The van der Waals surface area contributed by atoms with Crippen molar-refractivity contribution in [3.05, 3.63) is 0 Å². The molecule has 1 N–H and O–H groups in total. The second-order valence-electron chi connectivity index (χ2n) is 5.78. The lowest BCUT2D eigenvalue weighted by atomic mass is 9.77. The van der Waals surface area contributed by atoms with Crippen LogP contribution in [0, 0.1) is 5.92 Å². The summed E-state index contributed by atoms with van der Waals surface area (Å²) in [5.74, 6) is 0.912. The number of likely N-dealkylation sites (N-methyl/N-ethyl adjacent to an activating group) is 1. The molecule has 1 fully saturated rings. The van der Waals surface area contributed by atoms with Crippen molar-refractivity contribution >= 4 is 0 Å². The third-order valence-corrected chi connectivity index (χ3v) is 4.28. The summed E-state index contributed by atoms with van der Waals surface area (Å²) in [7, 11) is 0. The maximum absolute atomic E-state index is 6.22. The summed E-state index contributed by atoms with van der Waals surface area (Å²) in [5, 5.41) is 3.48. The highest BCUT2D eigenvalue weighted by Gasteiger charge is 2.35. The molecule has 0 aromatic heterocycles. The number of nitrogens with one attached hydrogen (secondary N) is 1. The molecule has 1 aliphatic carbocycles. The molecule has 3 nitrogen and oxygen atoms in total. The average molecular weight is 271 g/mol. The second-order valence-corrected chi connectivity index (χ2v) is 5.78. The maximum Gasteiger partial charge on any atom is 0.0807 e. The molecule has 19 heavy (non-hydrogen) atoms. The summed E-state index contributed by atoms with van der Waals surface area (Å²) in [6.45, 7) is 10.9. The van der Waals surface area contributed by atoms with Crippen LogP contribution in [0.4, 0.5) is 0 Å². The van der Waals surface area contributed by atoms with Crippen LogP contribution in [-0.2, 0) is 9.47 Å². The zero-order valence-corrected chi connectivity index (χ0v) is 13.2. The Bertz CT molecular complexity index is 213. The van der Waals surface area contributed by atoms with E-state index in [-0.39, 0.29) is 5.60 Å². The third kappa shape index (κ3) is 6.24. The van der Waals surface area contributed by atoms with E-state index < -0.39 is 0 Å². The van der Waals surface area contributed by atoms with E-state index in [4.69, 9.17) is 9.47 Å². The van der Waals surface area contributed by atoms with Gasteiger partial charge in [-0.3, -0.25) is 0 Å². The lowest BCUT2D eigenvalue weighted by Crippen LogP contribution is -2.46. The molecule has 0 aliphatic heterocycles. The Morgan fingerprint density at radius 2 is 1.79 bits per heavy atom. The highest BCUT2D eigenvalue weighted by atomic mass is 16.5. The van der Waals surface area contributed by atoms with E-state index >= 15 is 0 Å². The minimum absolute atomic E-state index is 0.0667. The molecule has 0 amide bonds. The topological polar surface area (TPSA) is 30.5 Å². The van der Waals surface area contributed by atoms with E-state index in [0.717, 1.165) is 45.2 Å². The van der Waals surface area contributed by atoms with Crippen LogP contribution in [0.15, 0.2) is 0 Å². The standard InChI is InChI=1S/C16H33NO2/c1-4-11-18-12-13-19-16(14-17-6-3)9-7-15(5-2)8-10-16/h15,17H,4-14H2,1-3H3. The van der Waals surface area contributed by atoms with Crippen molar-refractivity contribution in [2.24, 2.45) is 5.92 Å². The molecule has 1 rings (SSSR count). The summed E-state index contributed by atoms with van der Waals surface area (Å²) >= 11 is 0. The first-order chi connectivity index (χ1) is 9.26. The highest BCUT2D eigenvalue weighted by Crippen LogP contribution is 2.35. The molecule has 114 valence electrons. The monoisotopic (exact) mass is 271 g/mol. The fourth-order valence-electron chi connectivity index (χ4n) is 2.90. The van der Waals surface area contributed by atoms with Crippen LogP contribution in [0.5, 0.6) is 0 Å². The maximum atomic E-state index is 6.22. The predicted octanol–water partition coefficient (Wildman–Crippen LogP) is 3.38. The molecule has 1 aliphatic rings. The molecule has 0 saturated heterocycles. The molecular weight excluding hydrogens is 238 g/mol. The van der Waals surface area contributed by atoms with Gasteiger partial charge in [0.05, 0.1) is 18.8 Å². The van der Waals surface area contributed by atoms with Gasteiger partial charge < -0.3 is 14.8 Å². The first kappa shape index (κ1) is 16.9. The number of hydrogen-bond donors (Lipinski definition) is 1. The quantitative estimate of drug-likeness (QED) is 0.618. The largest absolute Gasteiger partial charge is 0.379 e. The molecule has 0 spiro atoms. The zero-order valence-electron chi connectivity index (χ0n) is 13.2. The molecule has 3 heteroatoms. The minimum atomic E-state index is 0.0667. The Hall–Kier alpha value is -0.120. The van der Waals surface area contributed by atoms with Gasteiger partial charge in [0.25, 0.3) is 0 Å². The molecule has 0 atom stereocenters. The average Bonchev–Trinajstić information content (AvgIpc) is 2.46. The van der Waals surface area contributed by atoms with Crippen molar-refractivity contribution in [2.75, 3.05) is 32.9 Å². The van der Waals surface area contributed by atoms with Crippen LogP contribution in [0.1, 0.15) is 59.3 Å². The van der Waals surface area contributed by atoms with E-state index in [1.807, 2.05) is 0 Å². The van der Waals surface area contributed by atoms with E-state index in [0.29, 0.717) is 0 Å². The Morgan fingerprint density at radius 1 is 1.05 bits per heavy atom. The molecule has 0 aromatic carbocycles. The third-order valence-electron chi connectivity index (χ3n) is 4.28. The number of rotatable bonds is 10. The first-order valence-corrected chi connectivity index (χ1v) is 8.18. The van der Waals surface area contributed by atoms with Crippen LogP contribution in [0.25, 0.3) is 0 Å². The first-order valence-electron chi connectivity index (χ1n) is 8.18. The van der Waals surface area contributed by atoms with Crippen molar-refractivity contribution in [2.45, 2.75) is 64.9 Å². The van der Waals surface area contributed by atoms with Gasteiger partial charge in [0.1, 0.15) is 0 Å². The Balaban J connectivity index is 2.33. The molecule has 0 bridgehead atoms. The van der Waals surface area contributed by atoms with E-state index in [1.165, 1.54) is 32.1 Å². The Kier molecular flexibility index (Phi) is 8.67. The van der Waals surface area contributed by atoms with E-state index in [2.05, 4.69) is 26.1 Å². The highest BCUT2D eigenvalue weighted by molar-refractivity contribution is 4.89. The van der Waals surface area contributed by atoms with Gasteiger partial charge in [-0.15, -0.1) is 0 Å². The van der Waals surface area contributed by atoms with Crippen molar-refractivity contribution in [3.63, 3.8) is 0 Å². The molecule has 0 aromatic rings. The fourth-order valence-corrected chi connectivity index (χ4v) is 2.90. The van der Waals surface area contributed by atoms with Gasteiger partial charge in [-0.25, -0.2) is 0 Å². The molecule has 0 unspecified atom stereocenters. The smallest absolute Gasteiger partial charge is 0.0807 e. The van der Waals surface area contributed by atoms with Crippen molar-refractivity contribution in [1.82, 2.24) is 5.32 Å². The van der Waals surface area contributed by atoms with Gasteiger partial charge in [0.15, 0.2) is 0 Å². The summed E-state index contributed by atoms with van der Waals surface area (Å²) in [6.07, 6.45) is 7.44. The van der Waals surface area contributed by atoms with Gasteiger partial charge in [0, 0.05) is 13.2 Å². The lowest BCUT2D eigenvalue weighted by molar-refractivity contribution is -0.0925. The van der Waals surface area contributed by atoms with Crippen LogP contribution in [0.2, 0.25) is 0 Å². The molecule has 1 saturated carbocycles. The molecule has 0 heterocycles. The van der Waals surface area contributed by atoms with Crippen molar-refractivity contribution < 1.29 is 9.47 Å². The fraction of sp³-hybridized carbons (Fsp3) is 1.00. The van der Waals surface area contributed by atoms with Crippen molar-refractivity contribution in [3.8, 4) is 0 Å². The Labute approximate surface area is 119 Å². The van der Waals surface area contributed by atoms with Gasteiger partial charge >= 0.3 is 0 Å². The summed E-state index contributed by atoms with van der Waals surface area (Å²) in [6, 6.07) is 0. The number of hydrogen-bond acceptors (Lipinski definition) is 3. The molecular formula is C16H33NO2. The van der Waals surface area contributed by atoms with Crippen LogP contribution < -0.4 is 5.32 Å². The SMILES string of the molecule is CCCOCCOC1(CNCC)CCC(CC)CC1. The van der Waals surface area contributed by atoms with Gasteiger partial charge in [-0.05, 0) is 44.6 Å². The van der Waals surface area contributed by atoms with Crippen LogP contribution >= 0.6 is 0 Å². The normalized spacial score (nSPS) is 27.6. The number of ether oxygens (including phenoxy) is 2. The summed E-state index contributed by atoms with van der Waals surface area (Å²) in [4.78, 5) is 0. The molecule has 0 radical (unpaired) electrons. The van der Waals surface area contributed by atoms with Gasteiger partial charge in [-0.1, -0.05) is 27.2 Å². The predicted molar refractivity (Wildman–Crippen MR) is 80.6 cm³/mol. The lowest BCUT2D eigenvalue weighted by Gasteiger charge is -2.40. The van der Waals surface area contributed by atoms with E-state index in [9.17, 15) is 0 Å². The van der Waals surface area contributed by atoms with Crippen LogP contribution in [-0.4, -0.2) is 38.5 Å². The van der Waals surface area contributed by atoms with Crippen molar-refractivity contribution in [1.29, 1.82) is 0 Å². The van der Waals surface area contributed by atoms with Crippen LogP contribution in [0.3, 0.4) is 0 Å². The summed E-state index contributed by atoms with van der Waals surface area (Å²) < 4.78 is 11.7. The minimum Gasteiger partial charge on any atom is -0.379 e. The summed E-state index contributed by atoms with van der Waals surface area (Å²) in [5.41, 5.74) is 0.0667. The van der Waals surface area contributed by atoms with Gasteiger partial charge in [0.2, 0.25) is 0 Å². The second kappa shape index (κ2) is 9.73. The van der Waals surface area contributed by atoms with Gasteiger partial charge in [-0.2, -0.15) is 0 Å².